The molecule has 3 rings (SSSR count). The highest BCUT2D eigenvalue weighted by Crippen LogP contribution is 2.45. The van der Waals surface area contributed by atoms with Crippen molar-refractivity contribution in [3.8, 4) is 0 Å². The van der Waals surface area contributed by atoms with Gasteiger partial charge in [0.05, 0.1) is 6.04 Å². The standard InChI is InChI=1S/C14H19NO3/c1-8(11-6-7-12(18-11)14(16)17)15-13(9-2-3-9)10-4-5-10/h6-10,13,15H,2-5H2,1H3,(H,16,17). The minimum absolute atomic E-state index is 0.0213. The van der Waals surface area contributed by atoms with Crippen LogP contribution in [-0.4, -0.2) is 17.1 Å². The van der Waals surface area contributed by atoms with Gasteiger partial charge in [0.2, 0.25) is 5.76 Å². The van der Waals surface area contributed by atoms with E-state index in [-0.39, 0.29) is 11.8 Å². The Bertz CT molecular complexity index is 434. The first-order valence-corrected chi connectivity index (χ1v) is 6.74. The molecule has 0 radical (unpaired) electrons. The smallest absolute Gasteiger partial charge is 0.371 e. The Balaban J connectivity index is 1.65. The van der Waals surface area contributed by atoms with Crippen LogP contribution < -0.4 is 5.32 Å². The first-order chi connectivity index (χ1) is 8.65. The summed E-state index contributed by atoms with van der Waals surface area (Å²) in [5, 5.41) is 12.5. The van der Waals surface area contributed by atoms with Crippen molar-refractivity contribution in [3.63, 3.8) is 0 Å². The third kappa shape index (κ3) is 2.43. The van der Waals surface area contributed by atoms with Crippen LogP contribution in [0.15, 0.2) is 16.5 Å². The van der Waals surface area contributed by atoms with Crippen molar-refractivity contribution in [2.75, 3.05) is 0 Å². The molecule has 98 valence electrons. The molecule has 0 amide bonds. The molecule has 0 saturated heterocycles. The lowest BCUT2D eigenvalue weighted by Crippen LogP contribution is -2.35. The van der Waals surface area contributed by atoms with Crippen LogP contribution in [0.2, 0.25) is 0 Å². The van der Waals surface area contributed by atoms with Crippen molar-refractivity contribution in [2.45, 2.75) is 44.7 Å². The van der Waals surface area contributed by atoms with E-state index in [1.807, 2.05) is 6.92 Å². The lowest BCUT2D eigenvalue weighted by atomic mass is 10.1. The van der Waals surface area contributed by atoms with Gasteiger partial charge in [0.1, 0.15) is 5.76 Å². The highest BCUT2D eigenvalue weighted by atomic mass is 16.4. The van der Waals surface area contributed by atoms with Gasteiger partial charge in [-0.1, -0.05) is 0 Å². The second-order valence-electron chi connectivity index (χ2n) is 5.60. The minimum atomic E-state index is -1.01. The largest absolute Gasteiger partial charge is 0.475 e. The first-order valence-electron chi connectivity index (χ1n) is 6.74. The Morgan fingerprint density at radius 3 is 2.39 bits per heavy atom. The second-order valence-corrected chi connectivity index (χ2v) is 5.60. The van der Waals surface area contributed by atoms with E-state index in [9.17, 15) is 4.79 Å². The molecule has 1 unspecified atom stereocenters. The summed E-state index contributed by atoms with van der Waals surface area (Å²) >= 11 is 0. The molecule has 2 N–H and O–H groups in total. The molecule has 0 aromatic carbocycles. The number of furan rings is 1. The van der Waals surface area contributed by atoms with Crippen LogP contribution in [0.4, 0.5) is 0 Å². The summed E-state index contributed by atoms with van der Waals surface area (Å²) in [6.45, 7) is 2.04. The fraction of sp³-hybridized carbons (Fsp3) is 0.643. The van der Waals surface area contributed by atoms with E-state index < -0.39 is 5.97 Å². The molecule has 1 aromatic rings. The minimum Gasteiger partial charge on any atom is -0.475 e. The van der Waals surface area contributed by atoms with Crippen LogP contribution >= 0.6 is 0 Å². The molecule has 1 heterocycles. The second kappa shape index (κ2) is 4.43. The van der Waals surface area contributed by atoms with Crippen LogP contribution in [-0.2, 0) is 0 Å². The van der Waals surface area contributed by atoms with E-state index in [1.54, 1.807) is 6.07 Å². The van der Waals surface area contributed by atoms with Crippen molar-refractivity contribution in [3.05, 3.63) is 23.7 Å². The monoisotopic (exact) mass is 249 g/mol. The fourth-order valence-corrected chi connectivity index (χ4v) is 2.64. The lowest BCUT2D eigenvalue weighted by Gasteiger charge is -2.21. The van der Waals surface area contributed by atoms with E-state index in [0.717, 1.165) is 17.6 Å². The van der Waals surface area contributed by atoms with Gasteiger partial charge in [0.25, 0.3) is 0 Å². The number of rotatable bonds is 6. The van der Waals surface area contributed by atoms with Gasteiger partial charge < -0.3 is 14.8 Å². The predicted octanol–water partition coefficient (Wildman–Crippen LogP) is 2.82. The molecule has 1 atom stereocenters. The van der Waals surface area contributed by atoms with Crippen molar-refractivity contribution in [2.24, 2.45) is 11.8 Å². The average Bonchev–Trinajstić information content (AvgIpc) is 3.24. The molecule has 4 heteroatoms. The van der Waals surface area contributed by atoms with Gasteiger partial charge in [-0.05, 0) is 56.6 Å². The number of nitrogens with one attached hydrogen (secondary N) is 1. The van der Waals surface area contributed by atoms with Crippen molar-refractivity contribution >= 4 is 5.97 Å². The molecular formula is C14H19NO3. The molecule has 2 aliphatic rings. The van der Waals surface area contributed by atoms with Crippen LogP contribution in [0.1, 0.15) is 55.0 Å². The maximum Gasteiger partial charge on any atom is 0.371 e. The number of aromatic carboxylic acids is 1. The van der Waals surface area contributed by atoms with E-state index in [4.69, 9.17) is 9.52 Å². The van der Waals surface area contributed by atoms with Crippen LogP contribution in [0.5, 0.6) is 0 Å². The molecule has 18 heavy (non-hydrogen) atoms. The van der Waals surface area contributed by atoms with Gasteiger partial charge in [-0.2, -0.15) is 0 Å². The summed E-state index contributed by atoms with van der Waals surface area (Å²) in [4.78, 5) is 10.8. The topological polar surface area (TPSA) is 62.5 Å². The maximum absolute atomic E-state index is 10.8. The van der Waals surface area contributed by atoms with Crippen LogP contribution in [0.25, 0.3) is 0 Å². The normalized spacial score (nSPS) is 21.2. The van der Waals surface area contributed by atoms with Gasteiger partial charge in [0, 0.05) is 6.04 Å². The molecular weight excluding hydrogens is 230 g/mol. The van der Waals surface area contributed by atoms with Crippen LogP contribution in [0.3, 0.4) is 0 Å². The predicted molar refractivity (Wildman–Crippen MR) is 66.5 cm³/mol. The number of hydrogen-bond acceptors (Lipinski definition) is 3. The summed E-state index contributed by atoms with van der Waals surface area (Å²) in [5.41, 5.74) is 0. The third-order valence-corrected chi connectivity index (χ3v) is 3.97. The zero-order chi connectivity index (χ0) is 12.7. The molecule has 0 spiro atoms. The van der Waals surface area contributed by atoms with E-state index in [0.29, 0.717) is 6.04 Å². The molecule has 0 bridgehead atoms. The molecule has 2 saturated carbocycles. The molecule has 2 aliphatic carbocycles. The number of hydrogen-bond donors (Lipinski definition) is 2. The van der Waals surface area contributed by atoms with Gasteiger partial charge in [-0.15, -0.1) is 0 Å². The van der Waals surface area contributed by atoms with E-state index in [1.165, 1.54) is 31.7 Å². The lowest BCUT2D eigenvalue weighted by molar-refractivity contribution is 0.0659. The highest BCUT2D eigenvalue weighted by molar-refractivity contribution is 5.84. The van der Waals surface area contributed by atoms with Crippen molar-refractivity contribution < 1.29 is 14.3 Å². The first kappa shape index (κ1) is 11.8. The summed E-state index contributed by atoms with van der Waals surface area (Å²) in [6.07, 6.45) is 5.33. The Labute approximate surface area is 106 Å². The molecule has 1 aromatic heterocycles. The number of carbonyl (C=O) groups is 1. The van der Waals surface area contributed by atoms with Crippen molar-refractivity contribution in [1.82, 2.24) is 5.32 Å². The SMILES string of the molecule is CC(NC(C1CC1)C1CC1)c1ccc(C(=O)O)o1. The van der Waals surface area contributed by atoms with Gasteiger partial charge in [-0.25, -0.2) is 4.79 Å². The fourth-order valence-electron chi connectivity index (χ4n) is 2.64. The summed E-state index contributed by atoms with van der Waals surface area (Å²) in [5.74, 6) is 1.39. The molecule has 2 fully saturated rings. The maximum atomic E-state index is 10.8. The van der Waals surface area contributed by atoms with Gasteiger partial charge in [0.15, 0.2) is 0 Å². The number of carboxylic acid groups (broad SMARTS) is 1. The zero-order valence-corrected chi connectivity index (χ0v) is 10.6. The Kier molecular flexibility index (Phi) is 2.90. The Morgan fingerprint density at radius 2 is 1.94 bits per heavy atom. The number of carboxylic acids is 1. The molecule has 0 aliphatic heterocycles. The Hall–Kier alpha value is -1.29. The quantitative estimate of drug-likeness (QED) is 0.813. The summed E-state index contributed by atoms with van der Waals surface area (Å²) < 4.78 is 5.35. The average molecular weight is 249 g/mol. The third-order valence-electron chi connectivity index (χ3n) is 3.97. The Morgan fingerprint density at radius 1 is 1.33 bits per heavy atom. The zero-order valence-electron chi connectivity index (χ0n) is 10.6. The van der Waals surface area contributed by atoms with Crippen molar-refractivity contribution in [1.29, 1.82) is 0 Å². The highest BCUT2D eigenvalue weighted by Gasteiger charge is 2.42. The van der Waals surface area contributed by atoms with Gasteiger partial charge in [-0.3, -0.25) is 0 Å². The summed E-state index contributed by atoms with van der Waals surface area (Å²) in [7, 11) is 0. The summed E-state index contributed by atoms with van der Waals surface area (Å²) in [6, 6.07) is 3.97. The van der Waals surface area contributed by atoms with Gasteiger partial charge >= 0.3 is 5.97 Å². The van der Waals surface area contributed by atoms with Crippen LogP contribution in [0, 0.1) is 11.8 Å². The van der Waals surface area contributed by atoms with E-state index in [2.05, 4.69) is 5.32 Å². The van der Waals surface area contributed by atoms with E-state index >= 15 is 0 Å². The molecule has 4 nitrogen and oxygen atoms in total.